The van der Waals surface area contributed by atoms with Gasteiger partial charge in [0.2, 0.25) is 5.96 Å². The van der Waals surface area contributed by atoms with Crippen molar-refractivity contribution < 1.29 is 0 Å². The number of hydrogen-bond donors (Lipinski definition) is 2. The zero-order valence-corrected chi connectivity index (χ0v) is 8.31. The van der Waals surface area contributed by atoms with Crippen molar-refractivity contribution in [2.75, 3.05) is 27.2 Å². The minimum Gasteiger partial charge on any atom is -0.355 e. The van der Waals surface area contributed by atoms with E-state index in [0.29, 0.717) is 5.96 Å². The second-order valence-corrected chi connectivity index (χ2v) is 2.45. The Labute approximate surface area is 74.2 Å². The standard InChI is InChI=1S/C8H18N4/c1-5-11-8(10-4)12-7(2)6-9-3/h9H,5-6H2,1-4H3,(H,10,11). The zero-order valence-electron chi connectivity index (χ0n) is 8.31. The second-order valence-electron chi connectivity index (χ2n) is 2.45. The van der Waals surface area contributed by atoms with Crippen molar-refractivity contribution in [2.45, 2.75) is 13.8 Å². The molecule has 4 heteroatoms. The highest BCUT2D eigenvalue weighted by Gasteiger charge is 1.93. The van der Waals surface area contributed by atoms with E-state index in [2.05, 4.69) is 20.6 Å². The molecule has 0 saturated heterocycles. The van der Waals surface area contributed by atoms with Crippen LogP contribution >= 0.6 is 0 Å². The molecule has 0 rings (SSSR count). The highest BCUT2D eigenvalue weighted by Crippen LogP contribution is 1.79. The van der Waals surface area contributed by atoms with Crippen LogP contribution in [-0.4, -0.2) is 38.9 Å². The minimum atomic E-state index is 0.699. The van der Waals surface area contributed by atoms with Gasteiger partial charge in [-0.3, -0.25) is 4.99 Å². The van der Waals surface area contributed by atoms with Gasteiger partial charge in [0.05, 0.1) is 0 Å². The third-order valence-corrected chi connectivity index (χ3v) is 1.28. The highest BCUT2D eigenvalue weighted by atomic mass is 15.1. The first-order valence-electron chi connectivity index (χ1n) is 4.14. The molecule has 2 N–H and O–H groups in total. The van der Waals surface area contributed by atoms with E-state index in [1.54, 1.807) is 7.05 Å². The van der Waals surface area contributed by atoms with Crippen LogP contribution < -0.4 is 10.6 Å². The van der Waals surface area contributed by atoms with Gasteiger partial charge in [-0.1, -0.05) is 0 Å². The van der Waals surface area contributed by atoms with E-state index < -0.39 is 0 Å². The molecule has 0 unspecified atom stereocenters. The van der Waals surface area contributed by atoms with E-state index >= 15 is 0 Å². The zero-order chi connectivity index (χ0) is 9.40. The maximum atomic E-state index is 4.27. The van der Waals surface area contributed by atoms with Gasteiger partial charge in [-0.15, -0.1) is 0 Å². The number of rotatable bonds is 3. The molecule has 0 bridgehead atoms. The van der Waals surface area contributed by atoms with Gasteiger partial charge in [0, 0.05) is 25.8 Å². The van der Waals surface area contributed by atoms with E-state index in [4.69, 9.17) is 0 Å². The fourth-order valence-electron chi connectivity index (χ4n) is 0.803. The first-order chi connectivity index (χ1) is 5.74. The summed E-state index contributed by atoms with van der Waals surface area (Å²) < 4.78 is 0. The molecule has 0 radical (unpaired) electrons. The highest BCUT2D eigenvalue weighted by molar-refractivity contribution is 5.96. The Hall–Kier alpha value is -0.900. The molecule has 0 aromatic rings. The van der Waals surface area contributed by atoms with Crippen LogP contribution in [0.5, 0.6) is 0 Å². The lowest BCUT2D eigenvalue weighted by atomic mass is 10.4. The van der Waals surface area contributed by atoms with Crippen LogP contribution in [0.1, 0.15) is 13.8 Å². The summed E-state index contributed by atoms with van der Waals surface area (Å²) in [5, 5.41) is 6.08. The number of nitrogens with zero attached hydrogens (tertiary/aromatic N) is 2. The van der Waals surface area contributed by atoms with Gasteiger partial charge >= 0.3 is 0 Å². The molecule has 0 spiro atoms. The van der Waals surface area contributed by atoms with Crippen LogP contribution in [0.15, 0.2) is 9.98 Å². The average molecular weight is 170 g/mol. The van der Waals surface area contributed by atoms with Gasteiger partial charge in [0.1, 0.15) is 0 Å². The average Bonchev–Trinajstić information content (AvgIpc) is 2.04. The monoisotopic (exact) mass is 170 g/mol. The van der Waals surface area contributed by atoms with Gasteiger partial charge in [0.15, 0.2) is 0 Å². The van der Waals surface area contributed by atoms with E-state index in [9.17, 15) is 0 Å². The fraction of sp³-hybridized carbons (Fsp3) is 0.750. The fourth-order valence-corrected chi connectivity index (χ4v) is 0.803. The van der Waals surface area contributed by atoms with Gasteiger partial charge < -0.3 is 10.6 Å². The molecule has 70 valence electrons. The molecule has 0 aliphatic heterocycles. The molecule has 4 nitrogen and oxygen atoms in total. The molecule has 0 aliphatic carbocycles. The first-order valence-corrected chi connectivity index (χ1v) is 4.14. The van der Waals surface area contributed by atoms with Crippen LogP contribution in [0, 0.1) is 0 Å². The first kappa shape index (κ1) is 11.1. The molecule has 0 aromatic carbocycles. The Kier molecular flexibility index (Phi) is 6.28. The molecule has 0 fully saturated rings. The van der Waals surface area contributed by atoms with Crippen LogP contribution in [0.25, 0.3) is 0 Å². The van der Waals surface area contributed by atoms with Crippen LogP contribution in [-0.2, 0) is 0 Å². The lowest BCUT2D eigenvalue weighted by molar-refractivity contribution is 0.929. The number of hydrogen-bond acceptors (Lipinski definition) is 2. The number of aliphatic imine (C=N–C) groups is 2. The predicted octanol–water partition coefficient (Wildman–Crippen LogP) is 0.262. The Morgan fingerprint density at radius 2 is 2.08 bits per heavy atom. The molecule has 0 aromatic heterocycles. The van der Waals surface area contributed by atoms with Crippen molar-refractivity contribution in [1.29, 1.82) is 0 Å². The predicted molar refractivity (Wildman–Crippen MR) is 54.1 cm³/mol. The normalized spacial score (nSPS) is 13.3. The summed E-state index contributed by atoms with van der Waals surface area (Å²) in [7, 11) is 3.63. The molecule has 12 heavy (non-hydrogen) atoms. The van der Waals surface area contributed by atoms with Crippen molar-refractivity contribution in [3.63, 3.8) is 0 Å². The maximum absolute atomic E-state index is 4.27. The Balaban J connectivity index is 4.07. The van der Waals surface area contributed by atoms with Crippen LogP contribution in [0.3, 0.4) is 0 Å². The Bertz CT molecular complexity index is 172. The quantitative estimate of drug-likeness (QED) is 0.471. The lowest BCUT2D eigenvalue weighted by Gasteiger charge is -2.03. The number of guanidine groups is 1. The summed E-state index contributed by atoms with van der Waals surface area (Å²) in [6.45, 7) is 5.64. The van der Waals surface area contributed by atoms with E-state index in [-0.39, 0.29) is 0 Å². The molecular weight excluding hydrogens is 152 g/mol. The second kappa shape index (κ2) is 6.79. The minimum absolute atomic E-state index is 0.699. The van der Waals surface area contributed by atoms with E-state index in [0.717, 1.165) is 18.8 Å². The number of nitrogens with one attached hydrogen (secondary N) is 2. The van der Waals surface area contributed by atoms with E-state index in [1.165, 1.54) is 0 Å². The summed E-state index contributed by atoms with van der Waals surface area (Å²) in [4.78, 5) is 8.26. The summed E-state index contributed by atoms with van der Waals surface area (Å²) in [5.41, 5.74) is 1.03. The van der Waals surface area contributed by atoms with Crippen molar-refractivity contribution in [3.05, 3.63) is 0 Å². The van der Waals surface area contributed by atoms with Crippen LogP contribution in [0.2, 0.25) is 0 Å². The van der Waals surface area contributed by atoms with Gasteiger partial charge in [0.25, 0.3) is 0 Å². The molecule has 0 amide bonds. The van der Waals surface area contributed by atoms with Gasteiger partial charge in [-0.2, -0.15) is 0 Å². The van der Waals surface area contributed by atoms with Crippen molar-refractivity contribution in [2.24, 2.45) is 9.98 Å². The summed E-state index contributed by atoms with van der Waals surface area (Å²) in [5.74, 6) is 0.699. The van der Waals surface area contributed by atoms with Crippen molar-refractivity contribution >= 4 is 11.7 Å². The summed E-state index contributed by atoms with van der Waals surface area (Å²) >= 11 is 0. The van der Waals surface area contributed by atoms with Crippen molar-refractivity contribution in [3.8, 4) is 0 Å². The topological polar surface area (TPSA) is 48.8 Å². The lowest BCUT2D eigenvalue weighted by Crippen LogP contribution is -2.24. The third kappa shape index (κ3) is 4.85. The molecule has 0 saturated carbocycles. The Morgan fingerprint density at radius 3 is 2.50 bits per heavy atom. The third-order valence-electron chi connectivity index (χ3n) is 1.28. The van der Waals surface area contributed by atoms with Gasteiger partial charge in [-0.25, -0.2) is 4.99 Å². The van der Waals surface area contributed by atoms with Crippen LogP contribution in [0.4, 0.5) is 0 Å². The smallest absolute Gasteiger partial charge is 0.217 e. The molecule has 0 heterocycles. The molecular formula is C8H18N4. The van der Waals surface area contributed by atoms with Crippen molar-refractivity contribution in [1.82, 2.24) is 10.6 Å². The largest absolute Gasteiger partial charge is 0.355 e. The summed E-state index contributed by atoms with van der Waals surface area (Å²) in [6, 6.07) is 0. The summed E-state index contributed by atoms with van der Waals surface area (Å²) in [6.07, 6.45) is 0. The SMILES string of the molecule is CCNC(N=C(C)CNC)=NC. The molecule has 0 aliphatic rings. The molecule has 0 atom stereocenters. The maximum Gasteiger partial charge on any atom is 0.217 e. The Morgan fingerprint density at radius 1 is 1.42 bits per heavy atom. The van der Waals surface area contributed by atoms with Gasteiger partial charge in [-0.05, 0) is 20.9 Å². The van der Waals surface area contributed by atoms with E-state index in [1.807, 2.05) is 20.9 Å².